The van der Waals surface area contributed by atoms with Crippen molar-refractivity contribution in [1.82, 2.24) is 15.2 Å². The number of phenols is 2. The summed E-state index contributed by atoms with van der Waals surface area (Å²) in [5.41, 5.74) is 0.638. The van der Waals surface area contributed by atoms with Crippen molar-refractivity contribution in [3.8, 4) is 22.8 Å². The number of amides is 2. The first-order chi connectivity index (χ1) is 19.5. The molecular formula is C29H36N4O7S. The molecule has 1 heterocycles. The van der Waals surface area contributed by atoms with Gasteiger partial charge in [-0.05, 0) is 68.2 Å². The average molecular weight is 585 g/mol. The highest BCUT2D eigenvalue weighted by Gasteiger charge is 2.32. The van der Waals surface area contributed by atoms with Gasteiger partial charge in [0.1, 0.15) is 17.2 Å². The first-order valence-electron chi connectivity index (χ1n) is 13.7. The zero-order valence-corrected chi connectivity index (χ0v) is 24.1. The van der Waals surface area contributed by atoms with Crippen LogP contribution in [0.15, 0.2) is 51.9 Å². The molecule has 11 nitrogen and oxygen atoms in total. The second-order valence-electron chi connectivity index (χ2n) is 10.5. The molecule has 0 aliphatic heterocycles. The third-order valence-electron chi connectivity index (χ3n) is 7.34. The molecule has 0 bridgehead atoms. The summed E-state index contributed by atoms with van der Waals surface area (Å²) in [6.45, 7) is 6.11. The minimum absolute atomic E-state index is 0.00278. The number of hydrogen-bond acceptors (Lipinski definition) is 8. The van der Waals surface area contributed by atoms with E-state index >= 15 is 0 Å². The summed E-state index contributed by atoms with van der Waals surface area (Å²) in [5.74, 6) is -1.62. The molecule has 2 aromatic carbocycles. The van der Waals surface area contributed by atoms with E-state index < -0.39 is 15.9 Å². The van der Waals surface area contributed by atoms with Gasteiger partial charge in [0.15, 0.2) is 11.5 Å². The second kappa shape index (κ2) is 12.7. The SMILES string of the molecule is CCNC(=O)c1noc(-c2cc(C(C)C)c(O)cc2O)c1NC(=O)C1CCC(CNS(=O)(=O)c2ccccc2)CC1. The van der Waals surface area contributed by atoms with Crippen LogP contribution in [0.5, 0.6) is 11.5 Å². The summed E-state index contributed by atoms with van der Waals surface area (Å²) in [6.07, 6.45) is 2.35. The monoisotopic (exact) mass is 584 g/mol. The average Bonchev–Trinajstić information content (AvgIpc) is 3.36. The molecule has 0 radical (unpaired) electrons. The van der Waals surface area contributed by atoms with Crippen molar-refractivity contribution in [2.75, 3.05) is 18.4 Å². The number of sulfonamides is 1. The van der Waals surface area contributed by atoms with Gasteiger partial charge >= 0.3 is 0 Å². The molecule has 3 aromatic rings. The van der Waals surface area contributed by atoms with Crippen molar-refractivity contribution < 1.29 is 32.7 Å². The van der Waals surface area contributed by atoms with Crippen LogP contribution >= 0.6 is 0 Å². The van der Waals surface area contributed by atoms with Gasteiger partial charge in [0, 0.05) is 25.1 Å². The van der Waals surface area contributed by atoms with Crippen LogP contribution in [0.1, 0.15) is 68.4 Å². The van der Waals surface area contributed by atoms with E-state index in [1.165, 1.54) is 6.07 Å². The van der Waals surface area contributed by atoms with Crippen LogP contribution in [-0.4, -0.2) is 48.7 Å². The Bertz CT molecular complexity index is 1490. The zero-order valence-electron chi connectivity index (χ0n) is 23.3. The predicted molar refractivity (Wildman–Crippen MR) is 153 cm³/mol. The number of nitrogens with zero attached hydrogens (tertiary/aromatic N) is 1. The highest BCUT2D eigenvalue weighted by molar-refractivity contribution is 7.89. The number of rotatable bonds is 10. The highest BCUT2D eigenvalue weighted by Crippen LogP contribution is 2.42. The fraction of sp³-hybridized carbons (Fsp3) is 0.414. The molecule has 1 aliphatic carbocycles. The van der Waals surface area contributed by atoms with E-state index in [0.717, 1.165) is 0 Å². The highest BCUT2D eigenvalue weighted by atomic mass is 32.2. The van der Waals surface area contributed by atoms with Crippen molar-refractivity contribution in [2.45, 2.75) is 57.3 Å². The third kappa shape index (κ3) is 6.88. The van der Waals surface area contributed by atoms with Gasteiger partial charge in [-0.2, -0.15) is 0 Å². The van der Waals surface area contributed by atoms with Gasteiger partial charge in [-0.3, -0.25) is 9.59 Å². The molecule has 0 spiro atoms. The van der Waals surface area contributed by atoms with Gasteiger partial charge in [-0.15, -0.1) is 0 Å². The fourth-order valence-corrected chi connectivity index (χ4v) is 6.13. The van der Waals surface area contributed by atoms with E-state index in [4.69, 9.17) is 4.52 Å². The van der Waals surface area contributed by atoms with E-state index in [9.17, 15) is 28.2 Å². The Hall–Kier alpha value is -3.90. The summed E-state index contributed by atoms with van der Waals surface area (Å²) >= 11 is 0. The molecule has 1 fully saturated rings. The van der Waals surface area contributed by atoms with Crippen LogP contribution < -0.4 is 15.4 Å². The standard InChI is InChI=1S/C29H36N4O7S/c1-4-30-29(37)26-25(27(40-33-26)22-14-21(17(2)3)23(34)15-24(22)35)32-28(36)19-12-10-18(11-13-19)16-31-41(38,39)20-8-6-5-7-9-20/h5-9,14-15,17-19,31,34-35H,4,10-13,16H2,1-3H3,(H,30,37)(H,32,36). The van der Waals surface area contributed by atoms with Crippen molar-refractivity contribution in [1.29, 1.82) is 0 Å². The number of carbonyl (C=O) groups excluding carboxylic acids is 2. The number of aromatic nitrogens is 1. The normalized spacial score (nSPS) is 17.4. The first-order valence-corrected chi connectivity index (χ1v) is 15.2. The van der Waals surface area contributed by atoms with Crippen molar-refractivity contribution in [2.24, 2.45) is 11.8 Å². The second-order valence-corrected chi connectivity index (χ2v) is 12.3. The van der Waals surface area contributed by atoms with Crippen molar-refractivity contribution in [3.05, 3.63) is 53.7 Å². The minimum Gasteiger partial charge on any atom is -0.508 e. The van der Waals surface area contributed by atoms with E-state index in [1.54, 1.807) is 43.3 Å². The molecule has 12 heteroatoms. The summed E-state index contributed by atoms with van der Waals surface area (Å²) in [4.78, 5) is 26.3. The van der Waals surface area contributed by atoms with Crippen LogP contribution in [0.25, 0.3) is 11.3 Å². The molecule has 2 amide bonds. The van der Waals surface area contributed by atoms with Crippen LogP contribution in [-0.2, 0) is 14.8 Å². The third-order valence-corrected chi connectivity index (χ3v) is 8.78. The lowest BCUT2D eigenvalue weighted by Crippen LogP contribution is -2.34. The number of aromatic hydroxyl groups is 2. The Morgan fingerprint density at radius 3 is 2.37 bits per heavy atom. The van der Waals surface area contributed by atoms with Crippen molar-refractivity contribution in [3.63, 3.8) is 0 Å². The van der Waals surface area contributed by atoms with E-state index in [-0.39, 0.29) is 69.3 Å². The molecule has 1 aromatic heterocycles. The molecule has 0 atom stereocenters. The molecule has 1 saturated carbocycles. The Morgan fingerprint density at radius 1 is 1.05 bits per heavy atom. The van der Waals surface area contributed by atoms with Gasteiger partial charge in [-0.1, -0.05) is 37.2 Å². The number of nitrogens with one attached hydrogen (secondary N) is 3. The summed E-state index contributed by atoms with van der Waals surface area (Å²) in [6, 6.07) is 10.9. The largest absolute Gasteiger partial charge is 0.508 e. The van der Waals surface area contributed by atoms with Crippen LogP contribution in [0.4, 0.5) is 5.69 Å². The fourth-order valence-electron chi connectivity index (χ4n) is 4.99. The Balaban J connectivity index is 1.48. The van der Waals surface area contributed by atoms with Crippen molar-refractivity contribution >= 4 is 27.5 Å². The summed E-state index contributed by atoms with van der Waals surface area (Å²) in [7, 11) is -3.61. The molecule has 0 unspecified atom stereocenters. The zero-order chi connectivity index (χ0) is 29.7. The lowest BCUT2D eigenvalue weighted by Gasteiger charge is -2.28. The van der Waals surface area contributed by atoms with E-state index in [1.807, 2.05) is 13.8 Å². The van der Waals surface area contributed by atoms with Gasteiger partial charge in [-0.25, -0.2) is 13.1 Å². The number of carbonyl (C=O) groups is 2. The lowest BCUT2D eigenvalue weighted by atomic mass is 9.81. The van der Waals surface area contributed by atoms with Crippen LogP contribution in [0.2, 0.25) is 0 Å². The van der Waals surface area contributed by atoms with Gasteiger partial charge < -0.3 is 25.4 Å². The molecule has 5 N–H and O–H groups in total. The Morgan fingerprint density at radius 2 is 1.73 bits per heavy atom. The quantitative estimate of drug-likeness (QED) is 0.234. The molecular weight excluding hydrogens is 548 g/mol. The van der Waals surface area contributed by atoms with Gasteiger partial charge in [0.05, 0.1) is 10.5 Å². The maximum Gasteiger partial charge on any atom is 0.275 e. The van der Waals surface area contributed by atoms with E-state index in [0.29, 0.717) is 37.8 Å². The molecule has 220 valence electrons. The first kappa shape index (κ1) is 30.1. The Labute approximate surface area is 239 Å². The summed E-state index contributed by atoms with van der Waals surface area (Å²) in [5, 5.41) is 30.2. The summed E-state index contributed by atoms with van der Waals surface area (Å²) < 4.78 is 33.3. The van der Waals surface area contributed by atoms with Gasteiger partial charge in [0.25, 0.3) is 5.91 Å². The Kier molecular flexibility index (Phi) is 9.34. The number of phenolic OH excluding ortho intramolecular Hbond substituents is 2. The van der Waals surface area contributed by atoms with Crippen LogP contribution in [0, 0.1) is 11.8 Å². The maximum absolute atomic E-state index is 13.4. The number of anilines is 1. The van der Waals surface area contributed by atoms with Gasteiger partial charge in [0.2, 0.25) is 15.9 Å². The number of benzene rings is 2. The molecule has 41 heavy (non-hydrogen) atoms. The maximum atomic E-state index is 13.4. The lowest BCUT2D eigenvalue weighted by molar-refractivity contribution is -0.121. The van der Waals surface area contributed by atoms with Crippen LogP contribution in [0.3, 0.4) is 0 Å². The van der Waals surface area contributed by atoms with E-state index in [2.05, 4.69) is 20.5 Å². The predicted octanol–water partition coefficient (Wildman–Crippen LogP) is 4.35. The molecule has 4 rings (SSSR count). The number of hydrogen-bond donors (Lipinski definition) is 5. The minimum atomic E-state index is -3.61. The smallest absolute Gasteiger partial charge is 0.275 e. The topological polar surface area (TPSA) is 171 Å². The molecule has 0 saturated heterocycles. The molecule has 1 aliphatic rings.